The zero-order valence-electron chi connectivity index (χ0n) is 36.7. The van der Waals surface area contributed by atoms with Crippen LogP contribution in [0.4, 0.5) is 4.79 Å². The number of nitrogens with one attached hydrogen (secondary N) is 1. The van der Waals surface area contributed by atoms with Gasteiger partial charge in [0, 0.05) is 6.61 Å². The maximum absolute atomic E-state index is 15.1. The summed E-state index contributed by atoms with van der Waals surface area (Å²) in [7, 11) is -7.07. The van der Waals surface area contributed by atoms with Gasteiger partial charge in [-0.25, -0.2) is 9.36 Å². The Morgan fingerprint density at radius 1 is 0.885 bits per heavy atom. The first-order valence-electron chi connectivity index (χ1n) is 21.5. The summed E-state index contributed by atoms with van der Waals surface area (Å²) in [6.07, 6.45) is 6.52. The number of carbonyl (C=O) groups excluding carboxylic acids is 1. The molecule has 1 amide bonds. The summed E-state index contributed by atoms with van der Waals surface area (Å²) in [5, 5.41) is 13.7. The van der Waals surface area contributed by atoms with Gasteiger partial charge in [-0.05, 0) is 55.2 Å². The Kier molecular flexibility index (Phi) is 23.5. The molecule has 1 fully saturated rings. The van der Waals surface area contributed by atoms with Crippen LogP contribution in [0.1, 0.15) is 98.3 Å². The molecule has 3 rings (SSSR count). The summed E-state index contributed by atoms with van der Waals surface area (Å²) in [6.45, 7) is 15.9. The van der Waals surface area contributed by atoms with Crippen LogP contribution in [0.3, 0.4) is 0 Å². The summed E-state index contributed by atoms with van der Waals surface area (Å²) < 4.78 is 63.1. The van der Waals surface area contributed by atoms with Crippen molar-refractivity contribution in [1.82, 2.24) is 5.32 Å². The number of para-hydroxylation sites is 2. The number of hydrogen-bond donors (Lipinski definition) is 2. The SMILES string of the molecule is C=CCO[C@H]1O[C@H](CO[Si](C)(C)C(C)(C)C)[C@@H](OP(=O)(Oc2ccccc2)Oc2ccccc2)[C@H](OCC[C@H](O)CCCCCCCCCCC)[C@H]1NC(=O)OCC(Cl)(Cl)Cl. The number of hydrogen-bond acceptors (Lipinski definition) is 11. The maximum atomic E-state index is 15.1. The molecular weight excluding hydrogens is 884 g/mol. The van der Waals surface area contributed by atoms with Crippen molar-refractivity contribution < 1.29 is 51.4 Å². The lowest BCUT2D eigenvalue weighted by Gasteiger charge is -2.47. The summed E-state index contributed by atoms with van der Waals surface area (Å²) in [4.78, 5) is 13.4. The van der Waals surface area contributed by atoms with E-state index < -0.39 is 69.4 Å². The monoisotopic (exact) mass is 951 g/mol. The molecule has 0 radical (unpaired) electrons. The van der Waals surface area contributed by atoms with Crippen LogP contribution in [0.15, 0.2) is 73.3 Å². The molecule has 1 aliphatic rings. The van der Waals surface area contributed by atoms with E-state index >= 15 is 4.57 Å². The Hall–Kier alpha value is -1.87. The molecular formula is C44H69Cl3NO11PSi. The molecule has 1 saturated heterocycles. The maximum Gasteiger partial charge on any atom is 0.588 e. The number of unbranched alkanes of at least 4 members (excludes halogenated alkanes) is 8. The lowest BCUT2D eigenvalue weighted by atomic mass is 9.96. The van der Waals surface area contributed by atoms with Crippen molar-refractivity contribution in [3.63, 3.8) is 0 Å². The van der Waals surface area contributed by atoms with Crippen molar-refractivity contribution in [2.45, 2.75) is 157 Å². The third-order valence-corrected chi connectivity index (χ3v) is 16.9. The first-order chi connectivity index (χ1) is 28.9. The van der Waals surface area contributed by atoms with Gasteiger partial charge in [-0.1, -0.05) is 163 Å². The van der Waals surface area contributed by atoms with Crippen LogP contribution >= 0.6 is 42.6 Å². The second-order valence-corrected chi connectivity index (χ2v) is 25.6. The van der Waals surface area contributed by atoms with Crippen molar-refractivity contribution in [3.8, 4) is 11.5 Å². The topological polar surface area (TPSA) is 140 Å². The quantitative estimate of drug-likeness (QED) is 0.0277. The molecule has 1 heterocycles. The van der Waals surface area contributed by atoms with E-state index in [0.717, 1.165) is 19.3 Å². The summed E-state index contributed by atoms with van der Waals surface area (Å²) in [5.41, 5.74) is 0. The number of halogens is 3. The largest absolute Gasteiger partial charge is 0.588 e. The van der Waals surface area contributed by atoms with Gasteiger partial charge in [-0.2, -0.15) is 0 Å². The molecule has 0 saturated carbocycles. The number of amides is 1. The van der Waals surface area contributed by atoms with E-state index in [1.165, 1.54) is 44.6 Å². The molecule has 1 aliphatic heterocycles. The highest BCUT2D eigenvalue weighted by Crippen LogP contribution is 2.52. The Morgan fingerprint density at radius 2 is 1.44 bits per heavy atom. The minimum Gasteiger partial charge on any atom is -0.445 e. The lowest BCUT2D eigenvalue weighted by molar-refractivity contribution is -0.270. The highest BCUT2D eigenvalue weighted by Gasteiger charge is 2.53. The van der Waals surface area contributed by atoms with E-state index in [9.17, 15) is 9.90 Å². The second kappa shape index (κ2) is 26.8. The van der Waals surface area contributed by atoms with Crippen molar-refractivity contribution >= 4 is 57.0 Å². The van der Waals surface area contributed by atoms with Gasteiger partial charge in [0.1, 0.15) is 42.5 Å². The standard InChI is InChI=1S/C44H69Cl3NO11PSi/c1-8-10-11-12-13-14-15-16-19-24-34(49)29-31-52-40-38(48-42(50)54-33-44(45,46)47)41(53-30-9-2)56-37(32-55-61(6,7)43(3,4)5)39(40)59-60(51,57-35-25-20-17-21-26-35)58-36-27-22-18-23-28-36/h9,17-18,20-23,25-28,34,37-41,49H,2,8,10-16,19,24,29-33H2,1,3-7H3,(H,48,50)/t34-,37-,38-,39-,40-,41+/m1/s1. The number of benzene rings is 2. The van der Waals surface area contributed by atoms with Gasteiger partial charge in [0.2, 0.25) is 3.79 Å². The zero-order valence-corrected chi connectivity index (χ0v) is 40.9. The first-order valence-corrected chi connectivity index (χ1v) is 27.0. The van der Waals surface area contributed by atoms with E-state index in [0.29, 0.717) is 6.42 Å². The van der Waals surface area contributed by atoms with Crippen molar-refractivity contribution in [1.29, 1.82) is 0 Å². The van der Waals surface area contributed by atoms with Crippen LogP contribution in [0.25, 0.3) is 0 Å². The number of aliphatic hydroxyl groups is 1. The average Bonchev–Trinajstić information content (AvgIpc) is 3.19. The van der Waals surface area contributed by atoms with Crippen LogP contribution in [-0.4, -0.2) is 86.5 Å². The molecule has 6 atom stereocenters. The molecule has 2 aromatic carbocycles. The van der Waals surface area contributed by atoms with Crippen LogP contribution in [0, 0.1) is 0 Å². The lowest BCUT2D eigenvalue weighted by Crippen LogP contribution is -2.66. The normalized spacial score (nSPS) is 20.5. The minimum atomic E-state index is -4.63. The van der Waals surface area contributed by atoms with Crippen molar-refractivity contribution in [2.24, 2.45) is 0 Å². The van der Waals surface area contributed by atoms with Gasteiger partial charge in [0.15, 0.2) is 14.6 Å². The Morgan fingerprint density at radius 3 is 1.97 bits per heavy atom. The smallest absolute Gasteiger partial charge is 0.445 e. The molecule has 0 unspecified atom stereocenters. The predicted octanol–water partition coefficient (Wildman–Crippen LogP) is 12.1. The van der Waals surface area contributed by atoms with Crippen LogP contribution in [0.2, 0.25) is 18.1 Å². The van der Waals surface area contributed by atoms with Gasteiger partial charge < -0.3 is 42.8 Å². The molecule has 346 valence electrons. The van der Waals surface area contributed by atoms with Gasteiger partial charge in [0.25, 0.3) is 0 Å². The summed E-state index contributed by atoms with van der Waals surface area (Å²) in [6, 6.07) is 15.7. The third kappa shape index (κ3) is 20.2. The minimum absolute atomic E-state index is 0.0118. The molecule has 2 aromatic rings. The number of aliphatic hydroxyl groups excluding tert-OH is 1. The number of carbonyl (C=O) groups is 1. The third-order valence-electron chi connectivity index (χ3n) is 10.7. The summed E-state index contributed by atoms with van der Waals surface area (Å²) >= 11 is 17.7. The second-order valence-electron chi connectivity index (χ2n) is 16.8. The van der Waals surface area contributed by atoms with Crippen molar-refractivity contribution in [3.05, 3.63) is 73.3 Å². The fourth-order valence-corrected chi connectivity index (χ4v) is 8.88. The Balaban J connectivity index is 2.01. The van der Waals surface area contributed by atoms with E-state index in [1.807, 2.05) is 0 Å². The zero-order chi connectivity index (χ0) is 44.9. The molecule has 12 nitrogen and oxygen atoms in total. The highest BCUT2D eigenvalue weighted by atomic mass is 35.6. The number of phosphoric ester groups is 1. The molecule has 17 heteroatoms. The molecule has 0 aromatic heterocycles. The van der Waals surface area contributed by atoms with Gasteiger partial charge in [0.05, 0.1) is 19.3 Å². The van der Waals surface area contributed by atoms with Gasteiger partial charge >= 0.3 is 13.9 Å². The molecule has 0 spiro atoms. The van der Waals surface area contributed by atoms with Gasteiger partial charge in [-0.3, -0.25) is 4.52 Å². The highest BCUT2D eigenvalue weighted by molar-refractivity contribution is 7.49. The molecule has 61 heavy (non-hydrogen) atoms. The Bertz CT molecular complexity index is 1540. The van der Waals surface area contributed by atoms with E-state index in [-0.39, 0.29) is 42.8 Å². The number of alkyl halides is 3. The first kappa shape index (κ1) is 53.5. The fourth-order valence-electron chi connectivity index (χ4n) is 6.26. The number of ether oxygens (including phenoxy) is 4. The van der Waals surface area contributed by atoms with Gasteiger partial charge in [-0.15, -0.1) is 6.58 Å². The van der Waals surface area contributed by atoms with E-state index in [4.69, 9.17) is 71.7 Å². The predicted molar refractivity (Wildman–Crippen MR) is 245 cm³/mol. The molecule has 2 N–H and O–H groups in total. The van der Waals surface area contributed by atoms with E-state index in [2.05, 4.69) is 52.7 Å². The average molecular weight is 953 g/mol. The van der Waals surface area contributed by atoms with Crippen LogP contribution in [0.5, 0.6) is 11.5 Å². The fraction of sp³-hybridized carbons (Fsp3) is 0.659. The van der Waals surface area contributed by atoms with Crippen molar-refractivity contribution in [2.75, 3.05) is 26.4 Å². The number of alkyl carbamates (subject to hydrolysis) is 1. The van der Waals surface area contributed by atoms with Crippen LogP contribution < -0.4 is 14.4 Å². The van der Waals surface area contributed by atoms with E-state index in [1.54, 1.807) is 60.7 Å². The number of rotatable bonds is 28. The molecule has 0 aliphatic carbocycles. The summed E-state index contributed by atoms with van der Waals surface area (Å²) in [5.74, 6) is 0.420. The molecule has 0 bridgehead atoms. The van der Waals surface area contributed by atoms with Crippen LogP contribution in [-0.2, 0) is 32.5 Å². The Labute approximate surface area is 380 Å². The number of phosphoric acid groups is 1.